The van der Waals surface area contributed by atoms with Crippen molar-refractivity contribution in [3.05, 3.63) is 64.4 Å². The average Bonchev–Trinajstić information content (AvgIpc) is 3.38. The van der Waals surface area contributed by atoms with E-state index in [1.165, 1.54) is 25.0 Å². The molecule has 3 unspecified atom stereocenters. The topological polar surface area (TPSA) is 64.0 Å². The lowest BCUT2D eigenvalue weighted by Gasteiger charge is -2.21. The van der Waals surface area contributed by atoms with E-state index < -0.39 is 17.3 Å². The quantitative estimate of drug-likeness (QED) is 0.621. The normalized spacial score (nSPS) is 22.4. The third kappa shape index (κ3) is 3.78. The fourth-order valence-electron chi connectivity index (χ4n) is 5.32. The molecule has 2 aliphatic rings. The van der Waals surface area contributed by atoms with Gasteiger partial charge in [0, 0.05) is 17.4 Å². The van der Waals surface area contributed by atoms with Crippen molar-refractivity contribution < 1.29 is 18.0 Å². The summed E-state index contributed by atoms with van der Waals surface area (Å²) in [7, 11) is 0. The van der Waals surface area contributed by atoms with E-state index in [0.29, 0.717) is 46.2 Å². The summed E-state index contributed by atoms with van der Waals surface area (Å²) < 4.78 is 38.8. The number of amides is 1. The lowest BCUT2D eigenvalue weighted by molar-refractivity contribution is -0.137. The number of benzene rings is 2. The van der Waals surface area contributed by atoms with E-state index in [0.717, 1.165) is 29.8 Å². The monoisotopic (exact) mass is 441 g/mol. The van der Waals surface area contributed by atoms with Crippen LogP contribution in [-0.4, -0.2) is 15.8 Å². The van der Waals surface area contributed by atoms with E-state index in [1.807, 2.05) is 0 Å². The standard InChI is InChI=1S/C24H22F3N3O2/c25-24(26,27)18-9-7-15(8-10-18)22-19-3-1-2-4-20(19)23(32)30(29-22)28-21(31)13-17-12-14-5-6-16(17)11-14/h1-4,7-10,14,16-17H,5-6,11-13H2,(H,28,31). The fraction of sp³-hybridized carbons (Fsp3) is 0.375. The average molecular weight is 441 g/mol. The van der Waals surface area contributed by atoms with Gasteiger partial charge in [-0.1, -0.05) is 36.8 Å². The van der Waals surface area contributed by atoms with E-state index in [1.54, 1.807) is 24.3 Å². The molecule has 0 saturated heterocycles. The van der Waals surface area contributed by atoms with Crippen LogP contribution in [0.2, 0.25) is 0 Å². The zero-order chi connectivity index (χ0) is 22.5. The molecule has 32 heavy (non-hydrogen) atoms. The number of halogens is 3. The first-order valence-corrected chi connectivity index (χ1v) is 10.8. The van der Waals surface area contributed by atoms with E-state index >= 15 is 0 Å². The molecular weight excluding hydrogens is 419 g/mol. The van der Waals surface area contributed by atoms with Gasteiger partial charge in [-0.2, -0.15) is 13.2 Å². The van der Waals surface area contributed by atoms with Crippen molar-refractivity contribution in [3.63, 3.8) is 0 Å². The van der Waals surface area contributed by atoms with Crippen molar-refractivity contribution >= 4 is 16.7 Å². The molecule has 1 N–H and O–H groups in total. The number of fused-ring (bicyclic) bond motifs is 3. The Morgan fingerprint density at radius 2 is 1.75 bits per heavy atom. The highest BCUT2D eigenvalue weighted by atomic mass is 19.4. The van der Waals surface area contributed by atoms with Gasteiger partial charge in [-0.25, -0.2) is 5.43 Å². The van der Waals surface area contributed by atoms with Gasteiger partial charge in [-0.15, -0.1) is 9.89 Å². The van der Waals surface area contributed by atoms with Crippen LogP contribution in [0.25, 0.3) is 22.0 Å². The Morgan fingerprint density at radius 3 is 2.38 bits per heavy atom. The minimum atomic E-state index is -4.44. The first-order valence-electron chi connectivity index (χ1n) is 10.8. The second-order valence-electron chi connectivity index (χ2n) is 8.86. The number of hydrogen-bond donors (Lipinski definition) is 1. The van der Waals surface area contributed by atoms with Gasteiger partial charge in [0.1, 0.15) is 5.69 Å². The van der Waals surface area contributed by atoms with E-state index in [2.05, 4.69) is 10.5 Å². The van der Waals surface area contributed by atoms with Gasteiger partial charge in [-0.05, 0) is 55.2 Å². The van der Waals surface area contributed by atoms with Crippen molar-refractivity contribution in [2.75, 3.05) is 5.43 Å². The Bertz CT molecular complexity index is 1230. The van der Waals surface area contributed by atoms with Crippen LogP contribution in [0.3, 0.4) is 0 Å². The molecule has 2 bridgehead atoms. The largest absolute Gasteiger partial charge is 0.416 e. The molecule has 0 radical (unpaired) electrons. The lowest BCUT2D eigenvalue weighted by atomic mass is 9.86. The summed E-state index contributed by atoms with van der Waals surface area (Å²) in [5.74, 6) is 1.35. The van der Waals surface area contributed by atoms with Gasteiger partial charge in [0.15, 0.2) is 0 Å². The van der Waals surface area contributed by atoms with E-state index in [4.69, 9.17) is 0 Å². The maximum absolute atomic E-state index is 12.9. The maximum Gasteiger partial charge on any atom is 0.416 e. The van der Waals surface area contributed by atoms with Crippen LogP contribution in [0.1, 0.15) is 37.7 Å². The number of nitrogens with one attached hydrogen (secondary N) is 1. The van der Waals surface area contributed by atoms with Crippen LogP contribution in [0, 0.1) is 17.8 Å². The van der Waals surface area contributed by atoms with Crippen molar-refractivity contribution in [1.82, 2.24) is 9.89 Å². The van der Waals surface area contributed by atoms with Gasteiger partial charge in [0.2, 0.25) is 5.91 Å². The van der Waals surface area contributed by atoms with Crippen LogP contribution in [0.15, 0.2) is 53.3 Å². The summed E-state index contributed by atoms with van der Waals surface area (Å²) in [6.07, 6.45) is 0.539. The van der Waals surface area contributed by atoms with Crippen molar-refractivity contribution in [1.29, 1.82) is 0 Å². The lowest BCUT2D eigenvalue weighted by Crippen LogP contribution is -2.36. The van der Waals surface area contributed by atoms with Crippen LogP contribution >= 0.6 is 0 Å². The van der Waals surface area contributed by atoms with Crippen LogP contribution in [0.5, 0.6) is 0 Å². The summed E-state index contributed by atoms with van der Waals surface area (Å²) in [6, 6.07) is 11.3. The number of rotatable bonds is 4. The minimum Gasteiger partial charge on any atom is -0.273 e. The molecule has 3 aromatic rings. The number of hydrogen-bond acceptors (Lipinski definition) is 3. The number of carbonyl (C=O) groups is 1. The van der Waals surface area contributed by atoms with E-state index in [-0.39, 0.29) is 5.91 Å². The van der Waals surface area contributed by atoms with Crippen LogP contribution in [-0.2, 0) is 11.0 Å². The second kappa shape index (κ2) is 7.76. The first kappa shape index (κ1) is 20.7. The highest BCUT2D eigenvalue weighted by Crippen LogP contribution is 2.49. The summed E-state index contributed by atoms with van der Waals surface area (Å²) >= 11 is 0. The van der Waals surface area contributed by atoms with Gasteiger partial charge in [0.05, 0.1) is 10.9 Å². The smallest absolute Gasteiger partial charge is 0.273 e. The summed E-state index contributed by atoms with van der Waals surface area (Å²) in [6.45, 7) is 0. The zero-order valence-corrected chi connectivity index (χ0v) is 17.2. The Balaban J connectivity index is 1.48. The highest BCUT2D eigenvalue weighted by Gasteiger charge is 2.40. The van der Waals surface area contributed by atoms with Crippen molar-refractivity contribution in [2.45, 2.75) is 38.3 Å². The third-order valence-corrected chi connectivity index (χ3v) is 6.85. The molecule has 5 rings (SSSR count). The number of carbonyl (C=O) groups excluding carboxylic acids is 1. The zero-order valence-electron chi connectivity index (χ0n) is 17.2. The van der Waals surface area contributed by atoms with Gasteiger partial charge >= 0.3 is 6.18 Å². The minimum absolute atomic E-state index is 0.272. The second-order valence-corrected chi connectivity index (χ2v) is 8.86. The van der Waals surface area contributed by atoms with Crippen molar-refractivity contribution in [3.8, 4) is 11.3 Å². The van der Waals surface area contributed by atoms with Crippen LogP contribution in [0.4, 0.5) is 13.2 Å². The number of nitrogens with zero attached hydrogens (tertiary/aromatic N) is 2. The molecule has 166 valence electrons. The summed E-state index contributed by atoms with van der Waals surface area (Å²) in [5.41, 5.74) is 2.12. The fourth-order valence-corrected chi connectivity index (χ4v) is 5.32. The highest BCUT2D eigenvalue weighted by molar-refractivity contribution is 5.94. The summed E-state index contributed by atoms with van der Waals surface area (Å²) in [5, 5.41) is 5.16. The third-order valence-electron chi connectivity index (χ3n) is 6.85. The molecule has 2 fully saturated rings. The van der Waals surface area contributed by atoms with Gasteiger partial charge in [-0.3, -0.25) is 9.59 Å². The number of alkyl halides is 3. The summed E-state index contributed by atoms with van der Waals surface area (Å²) in [4.78, 5) is 26.6. The molecule has 1 aromatic heterocycles. The molecule has 1 heterocycles. The SMILES string of the molecule is O=C(CC1CC2CCC1C2)Nn1nc(-c2ccc(C(F)(F)F)cc2)c2ccccc2c1=O. The molecule has 2 aromatic carbocycles. The number of aromatic nitrogens is 2. The maximum atomic E-state index is 12.9. The van der Waals surface area contributed by atoms with E-state index in [9.17, 15) is 22.8 Å². The molecule has 2 saturated carbocycles. The Labute approximate surface area is 182 Å². The molecule has 5 nitrogen and oxygen atoms in total. The van der Waals surface area contributed by atoms with Crippen molar-refractivity contribution in [2.24, 2.45) is 17.8 Å². The predicted molar refractivity (Wildman–Crippen MR) is 114 cm³/mol. The Morgan fingerprint density at radius 1 is 1.03 bits per heavy atom. The predicted octanol–water partition coefficient (Wildman–Crippen LogP) is 4.98. The molecule has 0 aliphatic heterocycles. The van der Waals surface area contributed by atoms with Gasteiger partial charge in [0.25, 0.3) is 5.56 Å². The molecular formula is C24H22F3N3O2. The Hall–Kier alpha value is -3.16. The molecule has 2 aliphatic carbocycles. The first-order chi connectivity index (χ1) is 15.3. The molecule has 0 spiro atoms. The molecule has 3 atom stereocenters. The Kier molecular flexibility index (Phi) is 5.03. The van der Waals surface area contributed by atoms with Gasteiger partial charge < -0.3 is 0 Å². The van der Waals surface area contributed by atoms with Crippen LogP contribution < -0.4 is 11.0 Å². The molecule has 8 heteroatoms. The molecule has 1 amide bonds.